The molecule has 0 amide bonds. The maximum absolute atomic E-state index is 12.2. The van der Waals surface area contributed by atoms with E-state index in [2.05, 4.69) is 31.6 Å². The number of aliphatic imine (C=N–C) groups is 1. The van der Waals surface area contributed by atoms with Gasteiger partial charge in [-0.2, -0.15) is 0 Å². The van der Waals surface area contributed by atoms with Gasteiger partial charge in [-0.1, -0.05) is 15.9 Å². The lowest BCUT2D eigenvalue weighted by Crippen LogP contribution is -2.45. The molecule has 124 valence electrons. The molecular formula is C14H22BrN3O3S. The third-order valence-electron chi connectivity index (χ3n) is 2.86. The topological polar surface area (TPSA) is 79.8 Å². The van der Waals surface area contributed by atoms with Gasteiger partial charge in [0.25, 0.3) is 0 Å². The van der Waals surface area contributed by atoms with E-state index in [1.165, 1.54) is 0 Å². The standard InChI is InChI=1S/C14H22BrN3O3S/c1-11(10-21-3)18-14(16-2)17-8-9-22(19,20)13-6-4-12(15)5-7-13/h4-7,11H,8-10H2,1-3H3,(H2,16,17,18). The van der Waals surface area contributed by atoms with Crippen LogP contribution in [0, 0.1) is 0 Å². The van der Waals surface area contributed by atoms with Crippen molar-refractivity contribution >= 4 is 31.7 Å². The van der Waals surface area contributed by atoms with Gasteiger partial charge < -0.3 is 15.4 Å². The highest BCUT2D eigenvalue weighted by molar-refractivity contribution is 9.10. The lowest BCUT2D eigenvalue weighted by atomic mass is 10.4. The highest BCUT2D eigenvalue weighted by Gasteiger charge is 2.14. The Morgan fingerprint density at radius 1 is 1.36 bits per heavy atom. The first-order valence-electron chi connectivity index (χ1n) is 6.83. The van der Waals surface area contributed by atoms with E-state index in [1.54, 1.807) is 38.4 Å². The van der Waals surface area contributed by atoms with E-state index in [4.69, 9.17) is 4.74 Å². The second kappa shape index (κ2) is 9.12. The van der Waals surface area contributed by atoms with Gasteiger partial charge in [0.2, 0.25) is 0 Å². The van der Waals surface area contributed by atoms with Gasteiger partial charge in [0.15, 0.2) is 15.8 Å². The molecule has 1 aromatic carbocycles. The van der Waals surface area contributed by atoms with E-state index in [9.17, 15) is 8.42 Å². The zero-order valence-electron chi connectivity index (χ0n) is 13.0. The zero-order chi connectivity index (χ0) is 16.6. The summed E-state index contributed by atoms with van der Waals surface area (Å²) in [5.74, 6) is 0.545. The van der Waals surface area contributed by atoms with Crippen LogP contribution in [0.5, 0.6) is 0 Å². The Balaban J connectivity index is 2.53. The van der Waals surface area contributed by atoms with Crippen molar-refractivity contribution in [2.45, 2.75) is 17.9 Å². The second-order valence-corrected chi connectivity index (χ2v) is 7.80. The molecule has 1 unspecified atom stereocenters. The van der Waals surface area contributed by atoms with Crippen LogP contribution in [0.25, 0.3) is 0 Å². The predicted molar refractivity (Wildman–Crippen MR) is 92.0 cm³/mol. The summed E-state index contributed by atoms with van der Waals surface area (Å²) in [4.78, 5) is 4.37. The van der Waals surface area contributed by atoms with Gasteiger partial charge in [-0.15, -0.1) is 0 Å². The summed E-state index contributed by atoms with van der Waals surface area (Å²) in [5, 5.41) is 6.10. The number of ether oxygens (including phenoxy) is 1. The van der Waals surface area contributed by atoms with Crippen LogP contribution in [-0.2, 0) is 14.6 Å². The predicted octanol–water partition coefficient (Wildman–Crippen LogP) is 1.42. The van der Waals surface area contributed by atoms with Gasteiger partial charge in [0.1, 0.15) is 0 Å². The van der Waals surface area contributed by atoms with E-state index in [0.717, 1.165) is 4.47 Å². The Kier molecular flexibility index (Phi) is 7.84. The van der Waals surface area contributed by atoms with Gasteiger partial charge in [0, 0.05) is 31.2 Å². The summed E-state index contributed by atoms with van der Waals surface area (Å²) in [6.07, 6.45) is 0. The van der Waals surface area contributed by atoms with E-state index in [-0.39, 0.29) is 18.3 Å². The molecule has 0 aromatic heterocycles. The van der Waals surface area contributed by atoms with Crippen molar-refractivity contribution in [3.05, 3.63) is 28.7 Å². The molecule has 0 radical (unpaired) electrons. The lowest BCUT2D eigenvalue weighted by molar-refractivity contribution is 0.179. The highest BCUT2D eigenvalue weighted by atomic mass is 79.9. The largest absolute Gasteiger partial charge is 0.383 e. The third-order valence-corrected chi connectivity index (χ3v) is 5.12. The molecule has 0 saturated heterocycles. The van der Waals surface area contributed by atoms with Crippen LogP contribution in [0.4, 0.5) is 0 Å². The first-order valence-corrected chi connectivity index (χ1v) is 9.28. The first kappa shape index (κ1) is 18.9. The lowest BCUT2D eigenvalue weighted by Gasteiger charge is -2.17. The number of guanidine groups is 1. The fourth-order valence-corrected chi connectivity index (χ4v) is 3.20. The molecule has 0 heterocycles. The van der Waals surface area contributed by atoms with Crippen LogP contribution in [0.2, 0.25) is 0 Å². The summed E-state index contributed by atoms with van der Waals surface area (Å²) >= 11 is 3.29. The van der Waals surface area contributed by atoms with Crippen molar-refractivity contribution < 1.29 is 13.2 Å². The van der Waals surface area contributed by atoms with Crippen molar-refractivity contribution in [1.82, 2.24) is 10.6 Å². The molecule has 2 N–H and O–H groups in total. The maximum atomic E-state index is 12.2. The molecule has 1 atom stereocenters. The van der Waals surface area contributed by atoms with Gasteiger partial charge >= 0.3 is 0 Å². The molecule has 1 rings (SSSR count). The Bertz CT molecular complexity index is 588. The van der Waals surface area contributed by atoms with E-state index >= 15 is 0 Å². The van der Waals surface area contributed by atoms with Crippen molar-refractivity contribution in [2.75, 3.05) is 33.1 Å². The van der Waals surface area contributed by atoms with Crippen LogP contribution in [-0.4, -0.2) is 53.5 Å². The maximum Gasteiger partial charge on any atom is 0.191 e. The summed E-state index contributed by atoms with van der Waals surface area (Å²) in [6.45, 7) is 2.77. The van der Waals surface area contributed by atoms with E-state index < -0.39 is 9.84 Å². The number of nitrogens with one attached hydrogen (secondary N) is 2. The van der Waals surface area contributed by atoms with Crippen molar-refractivity contribution in [1.29, 1.82) is 0 Å². The fourth-order valence-electron chi connectivity index (χ4n) is 1.78. The average Bonchev–Trinajstić information content (AvgIpc) is 2.46. The van der Waals surface area contributed by atoms with Gasteiger partial charge in [0.05, 0.1) is 17.3 Å². The van der Waals surface area contributed by atoms with Crippen LogP contribution < -0.4 is 10.6 Å². The molecule has 0 aliphatic rings. The van der Waals surface area contributed by atoms with Crippen molar-refractivity contribution in [3.63, 3.8) is 0 Å². The van der Waals surface area contributed by atoms with Gasteiger partial charge in [-0.3, -0.25) is 4.99 Å². The average molecular weight is 392 g/mol. The minimum Gasteiger partial charge on any atom is -0.383 e. The third kappa shape index (κ3) is 6.33. The Morgan fingerprint density at radius 3 is 2.55 bits per heavy atom. The number of sulfone groups is 1. The van der Waals surface area contributed by atoms with Crippen LogP contribution in [0.1, 0.15) is 6.92 Å². The number of benzene rings is 1. The molecule has 1 aromatic rings. The molecule has 0 aliphatic heterocycles. The van der Waals surface area contributed by atoms with Gasteiger partial charge in [-0.25, -0.2) is 8.42 Å². The van der Waals surface area contributed by atoms with E-state index in [0.29, 0.717) is 17.5 Å². The zero-order valence-corrected chi connectivity index (χ0v) is 15.4. The summed E-state index contributed by atoms with van der Waals surface area (Å²) in [7, 11) is -0.0493. The van der Waals surface area contributed by atoms with E-state index in [1.807, 2.05) is 6.92 Å². The number of hydrogen-bond acceptors (Lipinski definition) is 4. The number of halogens is 1. The Labute approximate surface area is 140 Å². The molecule has 0 bridgehead atoms. The molecule has 0 saturated carbocycles. The second-order valence-electron chi connectivity index (χ2n) is 4.77. The summed E-state index contributed by atoms with van der Waals surface area (Å²) < 4.78 is 30.3. The Hall–Kier alpha value is -1.12. The monoisotopic (exact) mass is 391 g/mol. The Morgan fingerprint density at radius 2 is 2.00 bits per heavy atom. The minimum atomic E-state index is -3.31. The van der Waals surface area contributed by atoms with Crippen LogP contribution >= 0.6 is 15.9 Å². The van der Waals surface area contributed by atoms with Gasteiger partial charge in [-0.05, 0) is 31.2 Å². The fraction of sp³-hybridized carbons (Fsp3) is 0.500. The molecular weight excluding hydrogens is 370 g/mol. The SMILES string of the molecule is CN=C(NCCS(=O)(=O)c1ccc(Br)cc1)NC(C)COC. The quantitative estimate of drug-likeness (QED) is 0.542. The summed E-state index contributed by atoms with van der Waals surface area (Å²) in [5.41, 5.74) is 0. The summed E-state index contributed by atoms with van der Waals surface area (Å²) in [6, 6.07) is 6.69. The number of nitrogens with zero attached hydrogens (tertiary/aromatic N) is 1. The highest BCUT2D eigenvalue weighted by Crippen LogP contribution is 2.15. The molecule has 0 spiro atoms. The molecule has 6 nitrogen and oxygen atoms in total. The van der Waals surface area contributed by atoms with Crippen molar-refractivity contribution in [3.8, 4) is 0 Å². The number of methoxy groups -OCH3 is 1. The molecule has 22 heavy (non-hydrogen) atoms. The minimum absolute atomic E-state index is 0.00596. The smallest absolute Gasteiger partial charge is 0.191 e. The molecule has 8 heteroatoms. The van der Waals surface area contributed by atoms with Crippen LogP contribution in [0.15, 0.2) is 38.6 Å². The molecule has 0 aliphatic carbocycles. The van der Waals surface area contributed by atoms with Crippen LogP contribution in [0.3, 0.4) is 0 Å². The number of hydrogen-bond donors (Lipinski definition) is 2. The normalized spacial score (nSPS) is 13.7. The first-order chi connectivity index (χ1) is 10.4. The van der Waals surface area contributed by atoms with Crippen molar-refractivity contribution in [2.24, 2.45) is 4.99 Å². The number of rotatable bonds is 7. The molecule has 0 fully saturated rings.